The first-order valence-electron chi connectivity index (χ1n) is 10.0. The molecule has 3 aromatic carbocycles. The van der Waals surface area contributed by atoms with E-state index in [9.17, 15) is 19.7 Å². The summed E-state index contributed by atoms with van der Waals surface area (Å²) >= 11 is 0. The van der Waals surface area contributed by atoms with E-state index in [1.807, 2.05) is 41.3 Å². The standard InChI is InChI=1S/C23H21N3O5/c27-22(24-18-8-7-16-5-1-2-6-17(16)13-18)15-31-23(28)20-14-19(26(29)30)9-10-21(20)25-11-3-4-12-25/h1-2,5-10,13-14H,3-4,11-12,15H2,(H,24,27). The molecule has 1 aliphatic rings. The van der Waals surface area contributed by atoms with Gasteiger partial charge in [-0.05, 0) is 41.8 Å². The summed E-state index contributed by atoms with van der Waals surface area (Å²) in [7, 11) is 0. The van der Waals surface area contributed by atoms with Crippen molar-refractivity contribution in [2.75, 3.05) is 29.9 Å². The molecular weight excluding hydrogens is 398 g/mol. The minimum atomic E-state index is -0.765. The third kappa shape index (κ3) is 4.63. The molecular formula is C23H21N3O5. The van der Waals surface area contributed by atoms with Crippen LogP contribution >= 0.6 is 0 Å². The fraction of sp³-hybridized carbons (Fsp3) is 0.217. The van der Waals surface area contributed by atoms with Gasteiger partial charge in [0, 0.05) is 30.9 Å². The zero-order chi connectivity index (χ0) is 21.8. The Morgan fingerprint density at radius 1 is 1.00 bits per heavy atom. The zero-order valence-electron chi connectivity index (χ0n) is 16.7. The highest BCUT2D eigenvalue weighted by Gasteiger charge is 2.24. The first-order chi connectivity index (χ1) is 15.0. The molecule has 0 aliphatic carbocycles. The Bertz CT molecular complexity index is 1150. The Balaban J connectivity index is 1.45. The van der Waals surface area contributed by atoms with Gasteiger partial charge in [0.1, 0.15) is 0 Å². The molecule has 31 heavy (non-hydrogen) atoms. The molecule has 0 atom stereocenters. The summed E-state index contributed by atoms with van der Waals surface area (Å²) in [6, 6.07) is 17.4. The molecule has 0 radical (unpaired) electrons. The van der Waals surface area contributed by atoms with E-state index in [1.54, 1.807) is 12.1 Å². The highest BCUT2D eigenvalue weighted by atomic mass is 16.6. The highest BCUT2D eigenvalue weighted by molar-refractivity contribution is 6.00. The lowest BCUT2D eigenvalue weighted by Crippen LogP contribution is -2.24. The number of benzene rings is 3. The number of carbonyl (C=O) groups is 2. The summed E-state index contributed by atoms with van der Waals surface area (Å²) in [6.07, 6.45) is 1.97. The number of rotatable bonds is 6. The number of fused-ring (bicyclic) bond motifs is 1. The molecule has 1 heterocycles. The van der Waals surface area contributed by atoms with Gasteiger partial charge in [-0.1, -0.05) is 30.3 Å². The molecule has 8 heteroatoms. The average molecular weight is 419 g/mol. The molecule has 1 saturated heterocycles. The molecule has 0 unspecified atom stereocenters. The minimum absolute atomic E-state index is 0.0922. The van der Waals surface area contributed by atoms with Gasteiger partial charge in [-0.2, -0.15) is 0 Å². The van der Waals surface area contributed by atoms with Crippen LogP contribution in [0.15, 0.2) is 60.7 Å². The maximum absolute atomic E-state index is 12.7. The molecule has 1 aliphatic heterocycles. The fourth-order valence-electron chi connectivity index (χ4n) is 3.71. The van der Waals surface area contributed by atoms with Crippen molar-refractivity contribution in [2.24, 2.45) is 0 Å². The Morgan fingerprint density at radius 2 is 1.74 bits per heavy atom. The lowest BCUT2D eigenvalue weighted by atomic mass is 10.1. The van der Waals surface area contributed by atoms with Gasteiger partial charge in [-0.15, -0.1) is 0 Å². The highest BCUT2D eigenvalue weighted by Crippen LogP contribution is 2.29. The maximum atomic E-state index is 12.7. The van der Waals surface area contributed by atoms with Crippen LogP contribution in [0.1, 0.15) is 23.2 Å². The van der Waals surface area contributed by atoms with Crippen molar-refractivity contribution in [1.29, 1.82) is 0 Å². The Kier molecular flexibility index (Phi) is 5.79. The van der Waals surface area contributed by atoms with Gasteiger partial charge in [0.2, 0.25) is 0 Å². The van der Waals surface area contributed by atoms with Gasteiger partial charge in [-0.3, -0.25) is 14.9 Å². The molecule has 8 nitrogen and oxygen atoms in total. The molecule has 1 amide bonds. The van der Waals surface area contributed by atoms with E-state index in [4.69, 9.17) is 4.74 Å². The molecule has 4 rings (SSSR count). The van der Waals surface area contributed by atoms with E-state index in [2.05, 4.69) is 5.32 Å². The third-order valence-electron chi connectivity index (χ3n) is 5.23. The summed E-state index contributed by atoms with van der Waals surface area (Å²) in [5.41, 5.74) is 1.07. The number of nitrogens with one attached hydrogen (secondary N) is 1. The zero-order valence-corrected chi connectivity index (χ0v) is 16.7. The van der Waals surface area contributed by atoms with Crippen molar-refractivity contribution in [2.45, 2.75) is 12.8 Å². The number of carbonyl (C=O) groups excluding carboxylic acids is 2. The largest absolute Gasteiger partial charge is 0.452 e. The molecule has 3 aromatic rings. The van der Waals surface area contributed by atoms with Crippen LogP contribution in [0.4, 0.5) is 17.1 Å². The second kappa shape index (κ2) is 8.83. The summed E-state index contributed by atoms with van der Waals surface area (Å²) < 4.78 is 5.18. The number of esters is 1. The lowest BCUT2D eigenvalue weighted by molar-refractivity contribution is -0.384. The SMILES string of the molecule is O=C(COC(=O)c1cc([N+](=O)[O-])ccc1N1CCCC1)Nc1ccc2ccccc2c1. The number of nitro benzene ring substituents is 1. The third-order valence-corrected chi connectivity index (χ3v) is 5.23. The lowest BCUT2D eigenvalue weighted by Gasteiger charge is -2.20. The molecule has 0 spiro atoms. The van der Waals surface area contributed by atoms with Crippen LogP contribution in [-0.4, -0.2) is 36.5 Å². The predicted molar refractivity (Wildman–Crippen MR) is 117 cm³/mol. The van der Waals surface area contributed by atoms with Gasteiger partial charge in [0.15, 0.2) is 6.61 Å². The predicted octanol–water partition coefficient (Wildman–Crippen LogP) is 4.14. The van der Waals surface area contributed by atoms with Crippen molar-refractivity contribution in [3.05, 3.63) is 76.3 Å². The van der Waals surface area contributed by atoms with E-state index >= 15 is 0 Å². The Hall–Kier alpha value is -3.94. The molecule has 0 bridgehead atoms. The van der Waals surface area contributed by atoms with Crippen molar-refractivity contribution in [3.63, 3.8) is 0 Å². The Morgan fingerprint density at radius 3 is 2.48 bits per heavy atom. The van der Waals surface area contributed by atoms with E-state index in [1.165, 1.54) is 12.1 Å². The molecule has 1 N–H and O–H groups in total. The molecule has 1 fully saturated rings. The van der Waals surface area contributed by atoms with Crippen molar-refractivity contribution < 1.29 is 19.2 Å². The van der Waals surface area contributed by atoms with Crippen LogP contribution in [0.5, 0.6) is 0 Å². The van der Waals surface area contributed by atoms with Crippen LogP contribution in [0, 0.1) is 10.1 Å². The minimum Gasteiger partial charge on any atom is -0.452 e. The average Bonchev–Trinajstić information content (AvgIpc) is 3.31. The Labute approximate surface area is 178 Å². The smallest absolute Gasteiger partial charge is 0.341 e. The number of ether oxygens (including phenoxy) is 1. The monoisotopic (exact) mass is 419 g/mol. The van der Waals surface area contributed by atoms with Crippen LogP contribution in [0.3, 0.4) is 0 Å². The second-order valence-electron chi connectivity index (χ2n) is 7.34. The number of amides is 1. The molecule has 158 valence electrons. The van der Waals surface area contributed by atoms with Gasteiger partial charge >= 0.3 is 5.97 Å². The van der Waals surface area contributed by atoms with Gasteiger partial charge in [-0.25, -0.2) is 4.79 Å². The summed E-state index contributed by atoms with van der Waals surface area (Å²) in [5, 5.41) is 15.9. The van der Waals surface area contributed by atoms with Gasteiger partial charge in [0.25, 0.3) is 11.6 Å². The molecule has 0 aromatic heterocycles. The topological polar surface area (TPSA) is 102 Å². The van der Waals surface area contributed by atoms with Crippen molar-refractivity contribution >= 4 is 39.7 Å². The van der Waals surface area contributed by atoms with Crippen LogP contribution in [-0.2, 0) is 9.53 Å². The number of nitrogens with zero attached hydrogens (tertiary/aromatic N) is 2. The number of hydrogen-bond acceptors (Lipinski definition) is 6. The van der Waals surface area contributed by atoms with Crippen LogP contribution < -0.4 is 10.2 Å². The molecule has 0 saturated carbocycles. The quantitative estimate of drug-likeness (QED) is 0.366. The first kappa shape index (κ1) is 20.3. The second-order valence-corrected chi connectivity index (χ2v) is 7.34. The maximum Gasteiger partial charge on any atom is 0.341 e. The van der Waals surface area contributed by atoms with E-state index in [0.717, 1.165) is 36.7 Å². The van der Waals surface area contributed by atoms with Gasteiger partial charge < -0.3 is 15.0 Å². The van der Waals surface area contributed by atoms with Crippen molar-refractivity contribution in [3.8, 4) is 0 Å². The van der Waals surface area contributed by atoms with E-state index < -0.39 is 23.4 Å². The number of anilines is 2. The number of non-ortho nitro benzene ring substituents is 1. The fourth-order valence-corrected chi connectivity index (χ4v) is 3.71. The van der Waals surface area contributed by atoms with Crippen LogP contribution in [0.25, 0.3) is 10.8 Å². The summed E-state index contributed by atoms with van der Waals surface area (Å²) in [6.45, 7) is 1.04. The number of nitro groups is 1. The van der Waals surface area contributed by atoms with Gasteiger partial charge in [0.05, 0.1) is 16.2 Å². The normalized spacial score (nSPS) is 13.2. The summed E-state index contributed by atoms with van der Waals surface area (Å²) in [4.78, 5) is 37.6. The first-order valence-corrected chi connectivity index (χ1v) is 10.0. The summed E-state index contributed by atoms with van der Waals surface area (Å²) in [5.74, 6) is -1.25. The van der Waals surface area contributed by atoms with E-state index in [-0.39, 0.29) is 11.3 Å². The van der Waals surface area contributed by atoms with Crippen molar-refractivity contribution in [1.82, 2.24) is 0 Å². The van der Waals surface area contributed by atoms with E-state index in [0.29, 0.717) is 11.4 Å². The van der Waals surface area contributed by atoms with Crippen LogP contribution in [0.2, 0.25) is 0 Å². The number of hydrogen-bond donors (Lipinski definition) is 1.